The number of para-hydroxylation sites is 1. The lowest BCUT2D eigenvalue weighted by atomic mass is 10.1. The maximum absolute atomic E-state index is 11.6. The van der Waals surface area contributed by atoms with Crippen LogP contribution in [0.15, 0.2) is 54.7 Å². The summed E-state index contributed by atoms with van der Waals surface area (Å²) in [4.78, 5) is 15.0. The number of benzene rings is 2. The first-order chi connectivity index (χ1) is 11.6. The van der Waals surface area contributed by atoms with Gasteiger partial charge in [0.15, 0.2) is 0 Å². The third-order valence-electron chi connectivity index (χ3n) is 3.90. The number of aromatic nitrogens is 1. The van der Waals surface area contributed by atoms with Gasteiger partial charge in [-0.3, -0.25) is 4.79 Å². The number of nitrogens with one attached hydrogen (secondary N) is 2. The highest BCUT2D eigenvalue weighted by molar-refractivity contribution is 6.10. The maximum atomic E-state index is 11.6. The smallest absolute Gasteiger partial charge is 0.224 e. The first kappa shape index (κ1) is 16.1. The van der Waals surface area contributed by atoms with E-state index in [0.717, 1.165) is 35.0 Å². The molecular formula is C20H22N2O2. The molecule has 0 saturated carbocycles. The second-order valence-corrected chi connectivity index (χ2v) is 5.98. The summed E-state index contributed by atoms with van der Waals surface area (Å²) in [6, 6.07) is 14.3. The molecule has 0 aliphatic rings. The average molecular weight is 322 g/mol. The van der Waals surface area contributed by atoms with Gasteiger partial charge in [-0.15, -0.1) is 0 Å². The van der Waals surface area contributed by atoms with Crippen molar-refractivity contribution in [1.29, 1.82) is 0 Å². The van der Waals surface area contributed by atoms with E-state index in [1.54, 1.807) is 6.92 Å². The SMILES string of the molecule is C=C(C)NC(=O)CCCCOc1cccc2[nH]c3ccccc3c12. The number of hydrogen-bond donors (Lipinski definition) is 2. The molecule has 1 heterocycles. The van der Waals surface area contributed by atoms with E-state index in [9.17, 15) is 4.79 Å². The summed E-state index contributed by atoms with van der Waals surface area (Å²) >= 11 is 0. The molecule has 3 aromatic rings. The van der Waals surface area contributed by atoms with Crippen LogP contribution in [0, 0.1) is 0 Å². The van der Waals surface area contributed by atoms with Crippen molar-refractivity contribution in [2.75, 3.05) is 6.61 Å². The Kier molecular flexibility index (Phi) is 4.85. The van der Waals surface area contributed by atoms with Crippen LogP contribution in [0.2, 0.25) is 0 Å². The number of allylic oxidation sites excluding steroid dienone is 1. The van der Waals surface area contributed by atoms with Crippen molar-refractivity contribution in [1.82, 2.24) is 10.3 Å². The molecule has 124 valence electrons. The van der Waals surface area contributed by atoms with E-state index >= 15 is 0 Å². The van der Waals surface area contributed by atoms with Gasteiger partial charge in [0, 0.05) is 28.4 Å². The van der Waals surface area contributed by atoms with Gasteiger partial charge in [0.1, 0.15) is 5.75 Å². The minimum atomic E-state index is 0.0150. The van der Waals surface area contributed by atoms with Crippen LogP contribution in [0.5, 0.6) is 5.75 Å². The number of hydrogen-bond acceptors (Lipinski definition) is 2. The zero-order valence-electron chi connectivity index (χ0n) is 13.9. The third kappa shape index (κ3) is 3.59. The Morgan fingerprint density at radius 2 is 1.92 bits per heavy atom. The fraction of sp³-hybridized carbons (Fsp3) is 0.250. The molecule has 1 amide bonds. The molecule has 1 aromatic heterocycles. The number of carbonyl (C=O) groups excluding carboxylic acids is 1. The van der Waals surface area contributed by atoms with E-state index in [2.05, 4.69) is 35.1 Å². The quantitative estimate of drug-likeness (QED) is 0.628. The van der Waals surface area contributed by atoms with Gasteiger partial charge in [0.05, 0.1) is 12.1 Å². The van der Waals surface area contributed by atoms with Crippen LogP contribution in [0.4, 0.5) is 0 Å². The molecule has 0 spiro atoms. The maximum Gasteiger partial charge on any atom is 0.224 e. The topological polar surface area (TPSA) is 54.1 Å². The van der Waals surface area contributed by atoms with Gasteiger partial charge in [0.25, 0.3) is 0 Å². The summed E-state index contributed by atoms with van der Waals surface area (Å²) in [7, 11) is 0. The molecule has 3 rings (SSSR count). The minimum absolute atomic E-state index is 0.0150. The Morgan fingerprint density at radius 3 is 2.75 bits per heavy atom. The third-order valence-corrected chi connectivity index (χ3v) is 3.90. The number of ether oxygens (including phenoxy) is 1. The van der Waals surface area contributed by atoms with E-state index in [0.29, 0.717) is 18.7 Å². The Labute approximate surface area is 141 Å². The summed E-state index contributed by atoms with van der Waals surface area (Å²) < 4.78 is 5.98. The number of aromatic amines is 1. The van der Waals surface area contributed by atoms with Crippen LogP contribution in [-0.4, -0.2) is 17.5 Å². The van der Waals surface area contributed by atoms with Gasteiger partial charge in [-0.05, 0) is 38.0 Å². The van der Waals surface area contributed by atoms with Crippen molar-refractivity contribution in [2.45, 2.75) is 26.2 Å². The molecule has 0 unspecified atom stereocenters. The molecule has 0 bridgehead atoms. The van der Waals surface area contributed by atoms with Crippen LogP contribution >= 0.6 is 0 Å². The van der Waals surface area contributed by atoms with E-state index < -0.39 is 0 Å². The van der Waals surface area contributed by atoms with Crippen LogP contribution in [0.3, 0.4) is 0 Å². The highest BCUT2D eigenvalue weighted by atomic mass is 16.5. The minimum Gasteiger partial charge on any atom is -0.493 e. The summed E-state index contributed by atoms with van der Waals surface area (Å²) in [5.41, 5.74) is 2.87. The first-order valence-corrected chi connectivity index (χ1v) is 8.23. The van der Waals surface area contributed by atoms with Gasteiger partial charge < -0.3 is 15.0 Å². The number of rotatable bonds is 7. The molecule has 4 heteroatoms. The molecule has 2 N–H and O–H groups in total. The lowest BCUT2D eigenvalue weighted by Gasteiger charge is -2.08. The number of amides is 1. The summed E-state index contributed by atoms with van der Waals surface area (Å²) in [5.74, 6) is 0.901. The van der Waals surface area contributed by atoms with E-state index in [-0.39, 0.29) is 5.91 Å². The second kappa shape index (κ2) is 7.21. The van der Waals surface area contributed by atoms with Gasteiger partial charge in [-0.2, -0.15) is 0 Å². The van der Waals surface area contributed by atoms with E-state index in [1.807, 2.05) is 24.3 Å². The van der Waals surface area contributed by atoms with Gasteiger partial charge in [-0.1, -0.05) is 30.8 Å². The van der Waals surface area contributed by atoms with Gasteiger partial charge >= 0.3 is 0 Å². The zero-order valence-corrected chi connectivity index (χ0v) is 13.9. The summed E-state index contributed by atoms with van der Waals surface area (Å²) in [6.07, 6.45) is 2.12. The number of unbranched alkanes of at least 4 members (excludes halogenated alkanes) is 1. The van der Waals surface area contributed by atoms with Gasteiger partial charge in [0.2, 0.25) is 5.91 Å². The molecule has 0 aliphatic carbocycles. The summed E-state index contributed by atoms with van der Waals surface area (Å²) in [6.45, 7) is 6.05. The van der Waals surface area contributed by atoms with Crippen LogP contribution in [0.25, 0.3) is 21.8 Å². The number of carbonyl (C=O) groups is 1. The lowest BCUT2D eigenvalue weighted by molar-refractivity contribution is -0.120. The molecule has 24 heavy (non-hydrogen) atoms. The fourth-order valence-electron chi connectivity index (χ4n) is 2.86. The van der Waals surface area contributed by atoms with Crippen molar-refractivity contribution in [3.8, 4) is 5.75 Å². The van der Waals surface area contributed by atoms with Crippen molar-refractivity contribution in [2.24, 2.45) is 0 Å². The zero-order chi connectivity index (χ0) is 16.9. The van der Waals surface area contributed by atoms with Crippen molar-refractivity contribution in [3.05, 3.63) is 54.7 Å². The Hall–Kier alpha value is -2.75. The predicted molar refractivity (Wildman–Crippen MR) is 98.1 cm³/mol. The Morgan fingerprint density at radius 1 is 1.12 bits per heavy atom. The van der Waals surface area contributed by atoms with Crippen molar-refractivity contribution < 1.29 is 9.53 Å². The molecule has 0 aliphatic heterocycles. The Bertz CT molecular complexity index is 880. The monoisotopic (exact) mass is 322 g/mol. The molecule has 2 aromatic carbocycles. The van der Waals surface area contributed by atoms with Crippen LogP contribution < -0.4 is 10.1 Å². The lowest BCUT2D eigenvalue weighted by Crippen LogP contribution is -2.20. The van der Waals surface area contributed by atoms with Crippen molar-refractivity contribution >= 4 is 27.7 Å². The van der Waals surface area contributed by atoms with Crippen LogP contribution in [0.1, 0.15) is 26.2 Å². The Balaban J connectivity index is 1.62. The van der Waals surface area contributed by atoms with E-state index in [1.165, 1.54) is 5.39 Å². The standard InChI is InChI=1S/C20H22N2O2/c1-14(2)21-19(23)12-5-6-13-24-18-11-7-10-17-20(18)15-8-3-4-9-16(15)22-17/h3-4,7-11,22H,1,5-6,12-13H2,2H3,(H,21,23). The second-order valence-electron chi connectivity index (χ2n) is 5.98. The molecule has 0 saturated heterocycles. The predicted octanol–water partition coefficient (Wildman–Crippen LogP) is 4.52. The van der Waals surface area contributed by atoms with Crippen molar-refractivity contribution in [3.63, 3.8) is 0 Å². The van der Waals surface area contributed by atoms with Crippen LogP contribution in [-0.2, 0) is 4.79 Å². The first-order valence-electron chi connectivity index (χ1n) is 8.23. The number of H-pyrrole nitrogens is 1. The molecule has 0 fully saturated rings. The molecule has 4 nitrogen and oxygen atoms in total. The van der Waals surface area contributed by atoms with E-state index in [4.69, 9.17) is 4.74 Å². The van der Waals surface area contributed by atoms with Gasteiger partial charge in [-0.25, -0.2) is 0 Å². The molecular weight excluding hydrogens is 300 g/mol. The normalized spacial score (nSPS) is 10.9. The summed E-state index contributed by atoms with van der Waals surface area (Å²) in [5, 5.41) is 5.00. The number of fused-ring (bicyclic) bond motifs is 3. The molecule has 0 atom stereocenters. The fourth-order valence-corrected chi connectivity index (χ4v) is 2.86. The average Bonchev–Trinajstić information content (AvgIpc) is 2.93. The highest BCUT2D eigenvalue weighted by Crippen LogP contribution is 2.32. The highest BCUT2D eigenvalue weighted by Gasteiger charge is 2.09. The largest absolute Gasteiger partial charge is 0.493 e. The molecule has 0 radical (unpaired) electrons.